The van der Waals surface area contributed by atoms with Gasteiger partial charge in [-0.25, -0.2) is 0 Å². The standard InChI is InChI=1S/C19H24N2O5/c1-22-17-8-5-9-18(23-2)19(17)24-11-10-20-21-12-14-13-25-15-6-3-4-7-16(15)26-14/h3-9,14,20-21H,10-13H2,1-2H3. The first-order valence-corrected chi connectivity index (χ1v) is 8.50. The number of hydrogen-bond donors (Lipinski definition) is 2. The first-order chi connectivity index (χ1) is 12.8. The highest BCUT2D eigenvalue weighted by Gasteiger charge is 2.19. The lowest BCUT2D eigenvalue weighted by molar-refractivity contribution is 0.0873. The zero-order valence-electron chi connectivity index (χ0n) is 15.0. The van der Waals surface area contributed by atoms with Crippen molar-refractivity contribution in [3.63, 3.8) is 0 Å². The Morgan fingerprint density at radius 1 is 0.962 bits per heavy atom. The Morgan fingerprint density at radius 2 is 1.69 bits per heavy atom. The van der Waals surface area contributed by atoms with Crippen LogP contribution in [0.25, 0.3) is 0 Å². The van der Waals surface area contributed by atoms with E-state index < -0.39 is 0 Å². The van der Waals surface area contributed by atoms with Gasteiger partial charge in [-0.05, 0) is 24.3 Å². The second-order valence-electron chi connectivity index (χ2n) is 5.65. The molecule has 2 aromatic carbocycles. The molecule has 0 amide bonds. The van der Waals surface area contributed by atoms with E-state index in [0.717, 1.165) is 11.5 Å². The molecule has 1 aliphatic heterocycles. The molecule has 1 unspecified atom stereocenters. The largest absolute Gasteiger partial charge is 0.493 e. The third-order valence-corrected chi connectivity index (χ3v) is 3.88. The number of methoxy groups -OCH3 is 2. The van der Waals surface area contributed by atoms with E-state index in [4.69, 9.17) is 23.7 Å². The molecule has 0 aromatic heterocycles. The number of fused-ring (bicyclic) bond motifs is 1. The van der Waals surface area contributed by atoms with Crippen molar-refractivity contribution in [2.24, 2.45) is 0 Å². The topological polar surface area (TPSA) is 70.2 Å². The average molecular weight is 360 g/mol. The number of hydrazine groups is 1. The quantitative estimate of drug-likeness (QED) is 0.524. The van der Waals surface area contributed by atoms with Gasteiger partial charge in [-0.15, -0.1) is 0 Å². The Morgan fingerprint density at radius 3 is 2.42 bits per heavy atom. The van der Waals surface area contributed by atoms with Gasteiger partial charge in [-0.2, -0.15) is 0 Å². The van der Waals surface area contributed by atoms with Crippen LogP contribution < -0.4 is 34.5 Å². The Hall–Kier alpha value is -2.64. The van der Waals surface area contributed by atoms with Crippen molar-refractivity contribution >= 4 is 0 Å². The number of para-hydroxylation sites is 3. The van der Waals surface area contributed by atoms with Crippen LogP contribution in [0, 0.1) is 0 Å². The monoisotopic (exact) mass is 360 g/mol. The highest BCUT2D eigenvalue weighted by Crippen LogP contribution is 2.36. The molecule has 2 aromatic rings. The molecule has 3 rings (SSSR count). The lowest BCUT2D eigenvalue weighted by atomic mass is 10.2. The van der Waals surface area contributed by atoms with Gasteiger partial charge in [0.2, 0.25) is 5.75 Å². The Labute approximate surface area is 153 Å². The van der Waals surface area contributed by atoms with E-state index in [1.165, 1.54) is 0 Å². The van der Waals surface area contributed by atoms with Crippen molar-refractivity contribution in [3.05, 3.63) is 42.5 Å². The summed E-state index contributed by atoms with van der Waals surface area (Å²) < 4.78 is 27.9. The second-order valence-corrected chi connectivity index (χ2v) is 5.65. The van der Waals surface area contributed by atoms with E-state index >= 15 is 0 Å². The molecule has 0 fully saturated rings. The lowest BCUT2D eigenvalue weighted by Gasteiger charge is -2.26. The molecule has 1 heterocycles. The van der Waals surface area contributed by atoms with Crippen molar-refractivity contribution in [2.75, 3.05) is 40.5 Å². The molecule has 0 spiro atoms. The summed E-state index contributed by atoms with van der Waals surface area (Å²) in [5.74, 6) is 3.44. The minimum Gasteiger partial charge on any atom is -0.493 e. The van der Waals surface area contributed by atoms with Gasteiger partial charge < -0.3 is 23.7 Å². The summed E-state index contributed by atoms with van der Waals surface area (Å²) >= 11 is 0. The molecule has 0 bridgehead atoms. The van der Waals surface area contributed by atoms with Crippen LogP contribution >= 0.6 is 0 Å². The number of ether oxygens (including phenoxy) is 5. The van der Waals surface area contributed by atoms with Gasteiger partial charge >= 0.3 is 0 Å². The van der Waals surface area contributed by atoms with Gasteiger partial charge in [0.15, 0.2) is 23.0 Å². The Kier molecular flexibility index (Phi) is 6.40. The maximum absolute atomic E-state index is 5.88. The van der Waals surface area contributed by atoms with E-state index in [-0.39, 0.29) is 6.10 Å². The molecule has 140 valence electrons. The van der Waals surface area contributed by atoms with Gasteiger partial charge in [0, 0.05) is 6.54 Å². The number of benzene rings is 2. The van der Waals surface area contributed by atoms with Crippen molar-refractivity contribution in [1.82, 2.24) is 10.9 Å². The Bertz CT molecular complexity index is 688. The van der Waals surface area contributed by atoms with Gasteiger partial charge in [0.05, 0.1) is 20.8 Å². The fourth-order valence-electron chi connectivity index (χ4n) is 2.60. The molecule has 1 aliphatic rings. The van der Waals surface area contributed by atoms with Crippen molar-refractivity contribution < 1.29 is 23.7 Å². The smallest absolute Gasteiger partial charge is 0.203 e. The predicted octanol–water partition coefficient (Wildman–Crippen LogP) is 2.02. The summed E-state index contributed by atoms with van der Waals surface area (Å²) in [5.41, 5.74) is 6.24. The molecule has 26 heavy (non-hydrogen) atoms. The minimum atomic E-state index is -0.0485. The van der Waals surface area contributed by atoms with Crippen LogP contribution in [0.3, 0.4) is 0 Å². The fourth-order valence-corrected chi connectivity index (χ4v) is 2.60. The third-order valence-electron chi connectivity index (χ3n) is 3.88. The molecule has 7 heteroatoms. The number of nitrogens with one attached hydrogen (secondary N) is 2. The van der Waals surface area contributed by atoms with Gasteiger partial charge in [-0.3, -0.25) is 10.9 Å². The number of rotatable bonds is 9. The maximum Gasteiger partial charge on any atom is 0.203 e. The molecular weight excluding hydrogens is 336 g/mol. The van der Waals surface area contributed by atoms with Crippen LogP contribution in [-0.2, 0) is 0 Å². The number of hydrogen-bond acceptors (Lipinski definition) is 7. The van der Waals surface area contributed by atoms with Gasteiger partial charge in [0.25, 0.3) is 0 Å². The zero-order valence-corrected chi connectivity index (χ0v) is 15.0. The molecule has 0 radical (unpaired) electrons. The summed E-state index contributed by atoms with van der Waals surface area (Å²) in [6, 6.07) is 13.2. The molecule has 1 atom stereocenters. The van der Waals surface area contributed by atoms with Crippen LogP contribution in [0.5, 0.6) is 28.7 Å². The van der Waals surface area contributed by atoms with Gasteiger partial charge in [0.1, 0.15) is 19.3 Å². The van der Waals surface area contributed by atoms with E-state index in [2.05, 4.69) is 10.9 Å². The van der Waals surface area contributed by atoms with E-state index in [1.54, 1.807) is 14.2 Å². The second kappa shape index (κ2) is 9.17. The SMILES string of the molecule is COc1cccc(OC)c1OCCNNCC1COc2ccccc2O1. The minimum absolute atomic E-state index is 0.0485. The van der Waals surface area contributed by atoms with Crippen molar-refractivity contribution in [2.45, 2.75) is 6.10 Å². The highest BCUT2D eigenvalue weighted by atomic mass is 16.6. The van der Waals surface area contributed by atoms with Crippen LogP contribution in [0.15, 0.2) is 42.5 Å². The van der Waals surface area contributed by atoms with Gasteiger partial charge in [-0.1, -0.05) is 18.2 Å². The normalized spacial score (nSPS) is 15.4. The zero-order chi connectivity index (χ0) is 18.2. The first kappa shape index (κ1) is 18.2. The van der Waals surface area contributed by atoms with Crippen molar-refractivity contribution in [3.8, 4) is 28.7 Å². The summed E-state index contributed by atoms with van der Waals surface area (Å²) in [5, 5.41) is 0. The van der Waals surface area contributed by atoms with E-state index in [1.807, 2.05) is 42.5 Å². The highest BCUT2D eigenvalue weighted by molar-refractivity contribution is 5.51. The summed E-state index contributed by atoms with van der Waals surface area (Å²) in [6.07, 6.45) is -0.0485. The lowest BCUT2D eigenvalue weighted by Crippen LogP contribution is -2.45. The van der Waals surface area contributed by atoms with E-state index in [0.29, 0.717) is 43.6 Å². The third kappa shape index (κ3) is 4.50. The Balaban J connectivity index is 1.37. The fraction of sp³-hybridized carbons (Fsp3) is 0.368. The van der Waals surface area contributed by atoms with Crippen LogP contribution in [0.4, 0.5) is 0 Å². The average Bonchev–Trinajstić information content (AvgIpc) is 2.70. The van der Waals surface area contributed by atoms with Crippen LogP contribution in [0.1, 0.15) is 0 Å². The van der Waals surface area contributed by atoms with Crippen LogP contribution in [0.2, 0.25) is 0 Å². The predicted molar refractivity (Wildman–Crippen MR) is 97.4 cm³/mol. The summed E-state index contributed by atoms with van der Waals surface area (Å²) in [6.45, 7) is 2.19. The van der Waals surface area contributed by atoms with Crippen LogP contribution in [-0.4, -0.2) is 46.6 Å². The molecule has 0 saturated carbocycles. The molecular formula is C19H24N2O5. The summed E-state index contributed by atoms with van der Waals surface area (Å²) in [7, 11) is 3.21. The summed E-state index contributed by atoms with van der Waals surface area (Å²) in [4.78, 5) is 0. The van der Waals surface area contributed by atoms with E-state index in [9.17, 15) is 0 Å². The molecule has 0 aliphatic carbocycles. The first-order valence-electron chi connectivity index (χ1n) is 8.50. The molecule has 0 saturated heterocycles. The maximum atomic E-state index is 5.88. The molecule has 2 N–H and O–H groups in total. The molecule has 7 nitrogen and oxygen atoms in total. The van der Waals surface area contributed by atoms with Crippen molar-refractivity contribution in [1.29, 1.82) is 0 Å².